The second kappa shape index (κ2) is 21.4. The van der Waals surface area contributed by atoms with Crippen LogP contribution in [0.5, 0.6) is 17.2 Å². The molecule has 220 valence electrons. The molecule has 1 atom stereocenters. The number of aromatic hydroxyl groups is 1. The number of phenols is 1. The van der Waals surface area contributed by atoms with Gasteiger partial charge in [0.05, 0.1) is 14.2 Å². The Morgan fingerprint density at radius 3 is 1.97 bits per heavy atom. The third kappa shape index (κ3) is 13.1. The summed E-state index contributed by atoms with van der Waals surface area (Å²) < 4.78 is 10.9. The summed E-state index contributed by atoms with van der Waals surface area (Å²) in [6, 6.07) is 3.39. The van der Waals surface area contributed by atoms with Crippen LogP contribution in [0.3, 0.4) is 0 Å². The van der Waals surface area contributed by atoms with Gasteiger partial charge in [-0.3, -0.25) is 4.79 Å². The van der Waals surface area contributed by atoms with Crippen LogP contribution in [0.15, 0.2) is 12.1 Å². The van der Waals surface area contributed by atoms with Gasteiger partial charge in [0.25, 0.3) is 0 Å². The Bertz CT molecular complexity index is 751. The highest BCUT2D eigenvalue weighted by molar-refractivity contribution is 5.87. The zero-order valence-corrected chi connectivity index (χ0v) is 25.4. The van der Waals surface area contributed by atoms with Crippen molar-refractivity contribution >= 4 is 18.2 Å². The van der Waals surface area contributed by atoms with E-state index in [0.29, 0.717) is 23.5 Å². The van der Waals surface area contributed by atoms with E-state index in [1.54, 1.807) is 26.4 Å². The number of unbranched alkanes of at least 4 members (excludes halogenated alkanes) is 11. The average molecular weight is 554 g/mol. The van der Waals surface area contributed by atoms with Crippen LogP contribution in [0.25, 0.3) is 0 Å². The fraction of sp³-hybridized carbons (Fsp3) is 0.781. The minimum absolute atomic E-state index is 0. The van der Waals surface area contributed by atoms with Crippen LogP contribution in [0.4, 0.5) is 0 Å². The lowest BCUT2D eigenvalue weighted by Gasteiger charge is -2.26. The second-order valence-corrected chi connectivity index (χ2v) is 11.0. The summed E-state index contributed by atoms with van der Waals surface area (Å²) in [7, 11) is 3.17. The Kier molecular flexibility index (Phi) is 19.4. The van der Waals surface area contributed by atoms with Crippen molar-refractivity contribution in [1.29, 1.82) is 0 Å². The number of methoxy groups -OCH3 is 2. The Morgan fingerprint density at radius 1 is 0.842 bits per heavy atom. The van der Waals surface area contributed by atoms with Crippen molar-refractivity contribution in [2.75, 3.05) is 33.9 Å². The highest BCUT2D eigenvalue weighted by atomic mass is 35.5. The maximum Gasteiger partial charge on any atom is 0.140 e. The SMILES string of the molecule is CCCCCCCCCCCCCCC(C(=O)CCCN1CCCCC1)c1c(O)cc(OC)cc1OC.Cl. The van der Waals surface area contributed by atoms with E-state index >= 15 is 0 Å². The predicted octanol–water partition coefficient (Wildman–Crippen LogP) is 8.84. The van der Waals surface area contributed by atoms with Crippen molar-refractivity contribution in [2.45, 2.75) is 128 Å². The number of likely N-dealkylation sites (tertiary alicyclic amines) is 1. The number of piperidine rings is 1. The first-order valence-corrected chi connectivity index (χ1v) is 15.3. The lowest BCUT2D eigenvalue weighted by Crippen LogP contribution is -2.31. The zero-order chi connectivity index (χ0) is 26.7. The molecule has 1 aliphatic rings. The number of carbonyl (C=O) groups excluding carboxylic acids is 1. The molecule has 1 unspecified atom stereocenters. The number of halogens is 1. The van der Waals surface area contributed by atoms with Gasteiger partial charge in [0.15, 0.2) is 0 Å². The van der Waals surface area contributed by atoms with Gasteiger partial charge in [0, 0.05) is 30.0 Å². The van der Waals surface area contributed by atoms with Crippen LogP contribution >= 0.6 is 12.4 Å². The number of phenolic OH excluding ortho intramolecular Hbond substituents is 1. The Hall–Kier alpha value is -1.46. The van der Waals surface area contributed by atoms with Crippen LogP contribution in [0.1, 0.15) is 134 Å². The number of hydrogen-bond donors (Lipinski definition) is 1. The van der Waals surface area contributed by atoms with Gasteiger partial charge in [-0.25, -0.2) is 0 Å². The molecule has 1 aliphatic heterocycles. The van der Waals surface area contributed by atoms with Crippen molar-refractivity contribution in [3.8, 4) is 17.2 Å². The number of ketones is 1. The molecule has 38 heavy (non-hydrogen) atoms. The smallest absolute Gasteiger partial charge is 0.140 e. The molecule has 1 fully saturated rings. The van der Waals surface area contributed by atoms with E-state index in [2.05, 4.69) is 11.8 Å². The summed E-state index contributed by atoms with van der Waals surface area (Å²) in [5, 5.41) is 10.9. The molecule has 0 aliphatic carbocycles. The molecule has 0 radical (unpaired) electrons. The molecule has 1 aromatic carbocycles. The first-order chi connectivity index (χ1) is 18.1. The molecule has 0 spiro atoms. The predicted molar refractivity (Wildman–Crippen MR) is 161 cm³/mol. The summed E-state index contributed by atoms with van der Waals surface area (Å²) in [6.45, 7) is 5.57. The first-order valence-electron chi connectivity index (χ1n) is 15.3. The van der Waals surface area contributed by atoms with Gasteiger partial charge < -0.3 is 19.5 Å². The van der Waals surface area contributed by atoms with E-state index in [4.69, 9.17) is 9.47 Å². The largest absolute Gasteiger partial charge is 0.507 e. The highest BCUT2D eigenvalue weighted by Gasteiger charge is 2.27. The van der Waals surface area contributed by atoms with E-state index in [0.717, 1.165) is 45.3 Å². The van der Waals surface area contributed by atoms with Crippen molar-refractivity contribution in [3.63, 3.8) is 0 Å². The molecule has 0 saturated carbocycles. The summed E-state index contributed by atoms with van der Waals surface area (Å²) in [5.74, 6) is 1.08. The number of ether oxygens (including phenoxy) is 2. The maximum absolute atomic E-state index is 13.5. The third-order valence-corrected chi connectivity index (χ3v) is 7.98. The first kappa shape index (κ1) is 34.6. The minimum Gasteiger partial charge on any atom is -0.507 e. The molecule has 0 bridgehead atoms. The third-order valence-electron chi connectivity index (χ3n) is 7.98. The highest BCUT2D eigenvalue weighted by Crippen LogP contribution is 2.41. The van der Waals surface area contributed by atoms with Gasteiger partial charge in [0.2, 0.25) is 0 Å². The lowest BCUT2D eigenvalue weighted by molar-refractivity contribution is -0.121. The fourth-order valence-electron chi connectivity index (χ4n) is 5.71. The molecule has 2 rings (SSSR count). The Balaban J connectivity index is 0.00000722. The van der Waals surface area contributed by atoms with Gasteiger partial charge in [-0.05, 0) is 45.3 Å². The summed E-state index contributed by atoms with van der Waals surface area (Å²) in [6.07, 6.45) is 21.6. The van der Waals surface area contributed by atoms with Crippen LogP contribution in [-0.4, -0.2) is 49.6 Å². The summed E-state index contributed by atoms with van der Waals surface area (Å²) in [5.41, 5.74) is 0.634. The Morgan fingerprint density at radius 2 is 1.42 bits per heavy atom. The van der Waals surface area contributed by atoms with E-state index < -0.39 is 0 Å². The molecule has 0 amide bonds. The van der Waals surface area contributed by atoms with Crippen molar-refractivity contribution in [2.24, 2.45) is 0 Å². The number of nitrogens with zero attached hydrogens (tertiary/aromatic N) is 1. The van der Waals surface area contributed by atoms with E-state index in [9.17, 15) is 9.90 Å². The monoisotopic (exact) mass is 553 g/mol. The fourth-order valence-corrected chi connectivity index (χ4v) is 5.71. The van der Waals surface area contributed by atoms with Crippen molar-refractivity contribution < 1.29 is 19.4 Å². The topological polar surface area (TPSA) is 59.0 Å². The van der Waals surface area contributed by atoms with Gasteiger partial charge in [-0.2, -0.15) is 0 Å². The van der Waals surface area contributed by atoms with Crippen LogP contribution in [-0.2, 0) is 4.79 Å². The summed E-state index contributed by atoms with van der Waals surface area (Å²) >= 11 is 0. The van der Waals surface area contributed by atoms with E-state index in [-0.39, 0.29) is 29.9 Å². The van der Waals surface area contributed by atoms with Crippen LogP contribution in [0.2, 0.25) is 0 Å². The van der Waals surface area contributed by atoms with Crippen LogP contribution in [0, 0.1) is 0 Å². The van der Waals surface area contributed by atoms with E-state index in [1.165, 1.54) is 83.5 Å². The molecule has 5 nitrogen and oxygen atoms in total. The van der Waals surface area contributed by atoms with Crippen LogP contribution < -0.4 is 9.47 Å². The number of carbonyl (C=O) groups is 1. The van der Waals surface area contributed by atoms with Gasteiger partial charge in [-0.1, -0.05) is 90.4 Å². The zero-order valence-electron chi connectivity index (χ0n) is 24.6. The molecule has 1 saturated heterocycles. The van der Waals surface area contributed by atoms with Gasteiger partial charge >= 0.3 is 0 Å². The molecular formula is C32H56ClNO4. The van der Waals surface area contributed by atoms with E-state index in [1.807, 2.05) is 0 Å². The second-order valence-electron chi connectivity index (χ2n) is 11.0. The molecule has 1 heterocycles. The number of rotatable bonds is 21. The Labute approximate surface area is 239 Å². The van der Waals surface area contributed by atoms with Gasteiger partial charge in [-0.15, -0.1) is 12.4 Å². The number of hydrogen-bond acceptors (Lipinski definition) is 5. The minimum atomic E-state index is -0.328. The number of benzene rings is 1. The van der Waals surface area contributed by atoms with Gasteiger partial charge in [0.1, 0.15) is 23.0 Å². The molecule has 1 aromatic rings. The summed E-state index contributed by atoms with van der Waals surface area (Å²) in [4.78, 5) is 16.0. The normalized spacial score (nSPS) is 14.6. The number of Topliss-reactive ketones (excluding diaryl/α,β-unsaturated/α-hetero) is 1. The lowest BCUT2D eigenvalue weighted by atomic mass is 9.86. The molecular weight excluding hydrogens is 498 g/mol. The molecule has 6 heteroatoms. The maximum atomic E-state index is 13.5. The average Bonchev–Trinajstić information content (AvgIpc) is 2.92. The molecule has 1 N–H and O–H groups in total. The van der Waals surface area contributed by atoms with Crippen molar-refractivity contribution in [1.82, 2.24) is 4.90 Å². The molecule has 0 aromatic heterocycles. The standard InChI is InChI=1S/C32H55NO4.ClH/c1-4-5-6-7-8-9-10-11-12-13-14-16-20-28(29(34)21-19-24-33-22-17-15-18-23-33)32-30(35)25-27(36-2)26-31(32)37-3;/h25-26,28,35H,4-24H2,1-3H3;1H. The quantitative estimate of drug-likeness (QED) is 0.154. The van der Waals surface area contributed by atoms with Crippen molar-refractivity contribution in [3.05, 3.63) is 17.7 Å².